The predicted octanol–water partition coefficient (Wildman–Crippen LogP) is 3.57. The first-order chi connectivity index (χ1) is 13.1. The van der Waals surface area contributed by atoms with Crippen LogP contribution in [0.4, 0.5) is 5.88 Å². The lowest BCUT2D eigenvalue weighted by Crippen LogP contribution is -2.17. The number of nitrogens with zero attached hydrogens (tertiary/aromatic N) is 1. The number of rotatable bonds is 4. The zero-order chi connectivity index (χ0) is 19.0. The van der Waals surface area contributed by atoms with Crippen molar-refractivity contribution in [2.75, 3.05) is 5.32 Å². The molecule has 0 saturated heterocycles. The second-order valence-corrected chi connectivity index (χ2v) is 6.24. The van der Waals surface area contributed by atoms with Crippen LogP contribution in [-0.4, -0.2) is 16.8 Å². The first-order valence-electron chi connectivity index (χ1n) is 8.45. The molecule has 1 N–H and O–H groups in total. The van der Waals surface area contributed by atoms with Crippen molar-refractivity contribution in [1.82, 2.24) is 4.57 Å². The van der Waals surface area contributed by atoms with E-state index in [0.29, 0.717) is 23.9 Å². The van der Waals surface area contributed by atoms with E-state index in [0.717, 1.165) is 16.5 Å². The number of para-hydroxylation sites is 1. The Morgan fingerprint density at radius 3 is 2.52 bits per heavy atom. The number of nitrogens with one attached hydrogen (secondary N) is 1. The highest BCUT2D eigenvalue weighted by atomic mass is 16.4. The molecule has 0 aliphatic carbocycles. The largest absolute Gasteiger partial charge is 0.437 e. The number of benzene rings is 2. The first kappa shape index (κ1) is 16.8. The fourth-order valence-electron chi connectivity index (χ4n) is 3.28. The van der Waals surface area contributed by atoms with E-state index in [-0.39, 0.29) is 11.4 Å². The van der Waals surface area contributed by atoms with Gasteiger partial charge in [0.25, 0.3) is 0 Å². The van der Waals surface area contributed by atoms with E-state index < -0.39 is 11.3 Å². The normalized spacial score (nSPS) is 11.0. The highest BCUT2D eigenvalue weighted by Gasteiger charge is 2.21. The van der Waals surface area contributed by atoms with Crippen LogP contribution >= 0.6 is 0 Å². The lowest BCUT2D eigenvalue weighted by Gasteiger charge is -2.08. The zero-order valence-corrected chi connectivity index (χ0v) is 14.6. The molecule has 0 aliphatic rings. The molecule has 0 unspecified atom stereocenters. The average molecular weight is 360 g/mol. The van der Waals surface area contributed by atoms with E-state index in [9.17, 15) is 14.4 Å². The third-order valence-corrected chi connectivity index (χ3v) is 4.42. The topological polar surface area (TPSA) is 81.3 Å². The molecule has 0 fully saturated rings. The molecule has 6 heteroatoms. The van der Waals surface area contributed by atoms with Gasteiger partial charge in [0.15, 0.2) is 11.9 Å². The van der Waals surface area contributed by atoms with Gasteiger partial charge >= 0.3 is 0 Å². The monoisotopic (exact) mass is 360 g/mol. The summed E-state index contributed by atoms with van der Waals surface area (Å²) in [6.07, 6.45) is 0.418. The van der Waals surface area contributed by atoms with Gasteiger partial charge in [-0.1, -0.05) is 42.5 Å². The zero-order valence-electron chi connectivity index (χ0n) is 14.6. The van der Waals surface area contributed by atoms with Crippen molar-refractivity contribution in [2.45, 2.75) is 13.5 Å². The molecule has 6 nitrogen and oxygen atoms in total. The van der Waals surface area contributed by atoms with E-state index in [1.54, 1.807) is 0 Å². The van der Waals surface area contributed by atoms with E-state index in [1.165, 1.54) is 6.92 Å². The Kier molecular flexibility index (Phi) is 4.08. The molecule has 2 aromatic heterocycles. The van der Waals surface area contributed by atoms with Crippen LogP contribution in [0.1, 0.15) is 22.8 Å². The van der Waals surface area contributed by atoms with Gasteiger partial charge in [-0.2, -0.15) is 0 Å². The van der Waals surface area contributed by atoms with Gasteiger partial charge in [-0.15, -0.1) is 0 Å². The van der Waals surface area contributed by atoms with Crippen LogP contribution in [-0.2, 0) is 11.3 Å². The van der Waals surface area contributed by atoms with Crippen LogP contribution in [0.15, 0.2) is 63.8 Å². The van der Waals surface area contributed by atoms with Crippen LogP contribution < -0.4 is 10.7 Å². The molecule has 27 heavy (non-hydrogen) atoms. The molecular weight excluding hydrogens is 344 g/mol. The summed E-state index contributed by atoms with van der Waals surface area (Å²) in [5.41, 5.74) is 1.81. The maximum atomic E-state index is 13.1. The minimum absolute atomic E-state index is 0.127. The molecule has 134 valence electrons. The Morgan fingerprint density at radius 2 is 1.81 bits per heavy atom. The van der Waals surface area contributed by atoms with Crippen molar-refractivity contribution in [3.8, 4) is 0 Å². The average Bonchev–Trinajstić information content (AvgIpc) is 2.97. The van der Waals surface area contributed by atoms with Crippen LogP contribution in [0.25, 0.3) is 22.0 Å². The fraction of sp³-hybridized carbons (Fsp3) is 0.0952. The molecule has 0 radical (unpaired) electrons. The lowest BCUT2D eigenvalue weighted by molar-refractivity contribution is -0.114. The molecule has 0 atom stereocenters. The van der Waals surface area contributed by atoms with Crippen LogP contribution in [0.2, 0.25) is 0 Å². The molecule has 2 heterocycles. The molecule has 0 spiro atoms. The number of fused-ring (bicyclic) bond motifs is 3. The highest BCUT2D eigenvalue weighted by molar-refractivity contribution is 6.07. The Hall–Kier alpha value is -3.67. The Bertz CT molecular complexity index is 1240. The summed E-state index contributed by atoms with van der Waals surface area (Å²) in [4.78, 5) is 36.1. The Morgan fingerprint density at radius 1 is 1.11 bits per heavy atom. The highest BCUT2D eigenvalue weighted by Crippen LogP contribution is 2.30. The molecule has 2 aromatic carbocycles. The predicted molar refractivity (Wildman–Crippen MR) is 103 cm³/mol. The third-order valence-electron chi connectivity index (χ3n) is 4.42. The molecule has 4 aromatic rings. The molecule has 1 amide bonds. The van der Waals surface area contributed by atoms with Crippen LogP contribution in [0.3, 0.4) is 0 Å². The van der Waals surface area contributed by atoms with Crippen molar-refractivity contribution in [1.29, 1.82) is 0 Å². The number of hydrogen-bond acceptors (Lipinski definition) is 4. The van der Waals surface area contributed by atoms with Gasteiger partial charge in [-0.25, -0.2) is 0 Å². The molecule has 4 rings (SSSR count). The number of aldehydes is 1. The van der Waals surface area contributed by atoms with Gasteiger partial charge in [-0.3, -0.25) is 19.7 Å². The summed E-state index contributed by atoms with van der Waals surface area (Å²) < 4.78 is 7.67. The van der Waals surface area contributed by atoms with Gasteiger partial charge in [-0.05, 0) is 17.7 Å². The number of carbonyl (C=O) groups is 2. The number of hydrogen-bond donors (Lipinski definition) is 1. The lowest BCUT2D eigenvalue weighted by atomic mass is 10.2. The van der Waals surface area contributed by atoms with Crippen molar-refractivity contribution in [3.05, 3.63) is 75.9 Å². The minimum atomic E-state index is -0.470. The summed E-state index contributed by atoms with van der Waals surface area (Å²) in [5.74, 6) is -0.550. The quantitative estimate of drug-likeness (QED) is 0.564. The first-order valence-corrected chi connectivity index (χ1v) is 8.45. The van der Waals surface area contributed by atoms with Gasteiger partial charge < -0.3 is 8.98 Å². The minimum Gasteiger partial charge on any atom is -0.437 e. The van der Waals surface area contributed by atoms with Gasteiger partial charge in [0.1, 0.15) is 11.1 Å². The summed E-state index contributed by atoms with van der Waals surface area (Å²) in [6.45, 7) is 1.74. The maximum Gasteiger partial charge on any atom is 0.223 e. The number of amides is 1. The van der Waals surface area contributed by atoms with Crippen LogP contribution in [0.5, 0.6) is 0 Å². The van der Waals surface area contributed by atoms with Gasteiger partial charge in [0.05, 0.1) is 5.52 Å². The van der Waals surface area contributed by atoms with Gasteiger partial charge in [0.2, 0.25) is 17.2 Å². The Labute approximate surface area is 154 Å². The van der Waals surface area contributed by atoms with E-state index in [2.05, 4.69) is 5.32 Å². The Balaban J connectivity index is 2.08. The smallest absolute Gasteiger partial charge is 0.223 e. The summed E-state index contributed by atoms with van der Waals surface area (Å²) in [5, 5.41) is 3.18. The SMILES string of the molecule is CC(=O)Nc1oc2c3ccccc3n(Cc3ccccc3)c2c(=O)c1C=O. The van der Waals surface area contributed by atoms with Crippen molar-refractivity contribution in [2.24, 2.45) is 0 Å². The molecule has 0 aliphatic heterocycles. The number of anilines is 1. The summed E-state index contributed by atoms with van der Waals surface area (Å²) in [7, 11) is 0. The maximum absolute atomic E-state index is 13.1. The van der Waals surface area contributed by atoms with E-state index in [4.69, 9.17) is 4.42 Å². The molecule has 0 bridgehead atoms. The summed E-state index contributed by atoms with van der Waals surface area (Å²) in [6, 6.07) is 17.2. The van der Waals surface area contributed by atoms with Crippen molar-refractivity contribution in [3.63, 3.8) is 0 Å². The summed E-state index contributed by atoms with van der Waals surface area (Å²) >= 11 is 0. The third kappa shape index (κ3) is 2.81. The van der Waals surface area contributed by atoms with Crippen LogP contribution in [0, 0.1) is 0 Å². The van der Waals surface area contributed by atoms with Gasteiger partial charge in [0, 0.05) is 18.9 Å². The van der Waals surface area contributed by atoms with E-state index >= 15 is 0 Å². The standard InChI is InChI=1S/C21H16N2O4/c1-13(25)22-21-16(12-24)19(26)18-20(27-21)15-9-5-6-10-17(15)23(18)11-14-7-3-2-4-8-14/h2-10,12H,11H2,1H3,(H,22,25). The number of carbonyl (C=O) groups excluding carboxylic acids is 2. The van der Waals surface area contributed by atoms with Crippen molar-refractivity contribution < 1.29 is 14.0 Å². The molecular formula is C21H16N2O4. The second kappa shape index (κ2) is 6.57. The van der Waals surface area contributed by atoms with E-state index in [1.807, 2.05) is 59.2 Å². The van der Waals surface area contributed by atoms with Crippen molar-refractivity contribution >= 4 is 40.1 Å². The molecule has 0 saturated carbocycles. The number of aromatic nitrogens is 1. The second-order valence-electron chi connectivity index (χ2n) is 6.24. The fourth-order valence-corrected chi connectivity index (χ4v) is 3.28.